The molecule has 28 heavy (non-hydrogen) atoms. The predicted octanol–water partition coefficient (Wildman–Crippen LogP) is 5.62. The van der Waals surface area contributed by atoms with Crippen molar-refractivity contribution >= 4 is 55.4 Å². The fourth-order valence-corrected chi connectivity index (χ4v) is 3.59. The van der Waals surface area contributed by atoms with Crippen molar-refractivity contribution in [2.24, 2.45) is 0 Å². The molecule has 0 fully saturated rings. The van der Waals surface area contributed by atoms with Gasteiger partial charge in [0.15, 0.2) is 0 Å². The lowest BCUT2D eigenvalue weighted by molar-refractivity contribution is -0.113. The molecule has 0 atom stereocenters. The minimum absolute atomic E-state index is 0.148. The van der Waals surface area contributed by atoms with Crippen molar-refractivity contribution in [3.63, 3.8) is 0 Å². The molecule has 4 nitrogen and oxygen atoms in total. The number of benzene rings is 3. The van der Waals surface area contributed by atoms with Crippen LogP contribution in [0.2, 0.25) is 0 Å². The highest BCUT2D eigenvalue weighted by Gasteiger charge is 2.16. The molecule has 0 aliphatic carbocycles. The zero-order valence-electron chi connectivity index (χ0n) is 14.7. The van der Waals surface area contributed by atoms with Gasteiger partial charge in [-0.1, -0.05) is 64.5 Å². The van der Waals surface area contributed by atoms with Gasteiger partial charge in [-0.2, -0.15) is 0 Å². The summed E-state index contributed by atoms with van der Waals surface area (Å²) in [6, 6.07) is 23.5. The van der Waals surface area contributed by atoms with Crippen molar-refractivity contribution in [2.75, 3.05) is 5.32 Å². The summed E-state index contributed by atoms with van der Waals surface area (Å²) in [5.41, 5.74) is 2.02. The van der Waals surface area contributed by atoms with E-state index in [0.717, 1.165) is 14.5 Å². The van der Waals surface area contributed by atoms with Gasteiger partial charge < -0.3 is 10.6 Å². The maximum atomic E-state index is 12.9. The molecule has 140 valence electrons. The number of rotatable bonds is 5. The van der Waals surface area contributed by atoms with Crippen LogP contribution in [0.4, 0.5) is 5.69 Å². The van der Waals surface area contributed by atoms with Crippen LogP contribution >= 0.6 is 31.9 Å². The molecule has 0 spiro atoms. The number of anilines is 1. The molecule has 0 aromatic heterocycles. The summed E-state index contributed by atoms with van der Waals surface area (Å²) in [7, 11) is 0. The van der Waals surface area contributed by atoms with Gasteiger partial charge in [-0.25, -0.2) is 0 Å². The molecule has 2 N–H and O–H groups in total. The fourth-order valence-electron chi connectivity index (χ4n) is 2.44. The topological polar surface area (TPSA) is 58.2 Å². The number of hydrogen-bond donors (Lipinski definition) is 2. The van der Waals surface area contributed by atoms with Crippen LogP contribution in [0.5, 0.6) is 0 Å². The van der Waals surface area contributed by atoms with Crippen molar-refractivity contribution in [2.45, 2.75) is 0 Å². The molecule has 6 heteroatoms. The monoisotopic (exact) mass is 498 g/mol. The molecule has 0 heterocycles. The van der Waals surface area contributed by atoms with Gasteiger partial charge in [-0.05, 0) is 57.9 Å². The van der Waals surface area contributed by atoms with E-state index in [4.69, 9.17) is 0 Å². The molecule has 3 aromatic rings. The lowest BCUT2D eigenvalue weighted by Gasteiger charge is -2.12. The number of nitrogens with one attached hydrogen (secondary N) is 2. The predicted molar refractivity (Wildman–Crippen MR) is 119 cm³/mol. The van der Waals surface area contributed by atoms with Crippen LogP contribution in [0.25, 0.3) is 6.08 Å². The Bertz CT molecular complexity index is 1020. The zero-order chi connectivity index (χ0) is 19.9. The average molecular weight is 500 g/mol. The van der Waals surface area contributed by atoms with Gasteiger partial charge in [0, 0.05) is 14.5 Å². The quantitative estimate of drug-likeness (QED) is 0.447. The minimum Gasteiger partial charge on any atom is -0.320 e. The Kier molecular flexibility index (Phi) is 6.79. The smallest absolute Gasteiger partial charge is 0.272 e. The maximum Gasteiger partial charge on any atom is 0.272 e. The van der Waals surface area contributed by atoms with E-state index in [1.54, 1.807) is 36.4 Å². The highest BCUT2D eigenvalue weighted by atomic mass is 79.9. The first-order valence-corrected chi connectivity index (χ1v) is 10.0. The molecule has 2 amide bonds. The third kappa shape index (κ3) is 5.41. The lowest BCUT2D eigenvalue weighted by Crippen LogP contribution is -2.30. The van der Waals surface area contributed by atoms with E-state index in [1.807, 2.05) is 48.5 Å². The van der Waals surface area contributed by atoms with Crippen molar-refractivity contribution in [1.82, 2.24) is 5.32 Å². The first-order valence-electron chi connectivity index (χ1n) is 8.42. The normalized spacial score (nSPS) is 11.0. The summed E-state index contributed by atoms with van der Waals surface area (Å²) in [5, 5.41) is 5.54. The Balaban J connectivity index is 1.88. The largest absolute Gasteiger partial charge is 0.320 e. The first kappa shape index (κ1) is 20.0. The summed E-state index contributed by atoms with van der Waals surface area (Å²) < 4.78 is 1.61. The van der Waals surface area contributed by atoms with E-state index in [1.165, 1.54) is 0 Å². The highest BCUT2D eigenvalue weighted by molar-refractivity contribution is 9.11. The molecule has 0 aliphatic heterocycles. The average Bonchev–Trinajstić information content (AvgIpc) is 2.71. The maximum absolute atomic E-state index is 12.9. The van der Waals surface area contributed by atoms with E-state index in [2.05, 4.69) is 42.5 Å². The van der Waals surface area contributed by atoms with E-state index < -0.39 is 5.91 Å². The first-order chi connectivity index (χ1) is 13.5. The Morgan fingerprint density at radius 3 is 2.11 bits per heavy atom. The molecule has 0 bridgehead atoms. The highest BCUT2D eigenvalue weighted by Crippen LogP contribution is 2.26. The van der Waals surface area contributed by atoms with Crippen LogP contribution in [-0.2, 0) is 4.79 Å². The molecular weight excluding hydrogens is 484 g/mol. The van der Waals surface area contributed by atoms with Crippen LogP contribution in [0, 0.1) is 0 Å². The van der Waals surface area contributed by atoms with Crippen LogP contribution in [0.1, 0.15) is 15.9 Å². The summed E-state index contributed by atoms with van der Waals surface area (Å²) in [5.74, 6) is -0.774. The van der Waals surface area contributed by atoms with Gasteiger partial charge in [0.25, 0.3) is 11.8 Å². The van der Waals surface area contributed by atoms with Crippen LogP contribution in [0.15, 0.2) is 93.5 Å². The molecule has 0 saturated heterocycles. The van der Waals surface area contributed by atoms with Crippen LogP contribution in [-0.4, -0.2) is 11.8 Å². The number of amides is 2. The van der Waals surface area contributed by atoms with Gasteiger partial charge in [-0.3, -0.25) is 9.59 Å². The van der Waals surface area contributed by atoms with Crippen molar-refractivity contribution in [1.29, 1.82) is 0 Å². The van der Waals surface area contributed by atoms with E-state index in [-0.39, 0.29) is 11.6 Å². The second-order valence-electron chi connectivity index (χ2n) is 5.87. The number of carbonyl (C=O) groups excluding carboxylic acids is 2. The van der Waals surface area contributed by atoms with E-state index in [9.17, 15) is 9.59 Å². The second kappa shape index (κ2) is 9.48. The summed E-state index contributed by atoms with van der Waals surface area (Å²) >= 11 is 6.81. The molecule has 3 aromatic carbocycles. The third-order valence-electron chi connectivity index (χ3n) is 3.82. The Morgan fingerprint density at radius 2 is 1.46 bits per heavy atom. The Morgan fingerprint density at radius 1 is 0.821 bits per heavy atom. The van der Waals surface area contributed by atoms with Crippen molar-refractivity contribution in [3.8, 4) is 0 Å². The van der Waals surface area contributed by atoms with Gasteiger partial charge in [0.1, 0.15) is 5.70 Å². The van der Waals surface area contributed by atoms with E-state index in [0.29, 0.717) is 11.3 Å². The molecule has 0 radical (unpaired) electrons. The molecular formula is C22H16Br2N2O2. The van der Waals surface area contributed by atoms with Crippen molar-refractivity contribution < 1.29 is 9.59 Å². The molecule has 0 saturated carbocycles. The minimum atomic E-state index is -0.420. The number of hydrogen-bond acceptors (Lipinski definition) is 2. The van der Waals surface area contributed by atoms with E-state index >= 15 is 0 Å². The third-order valence-corrected chi connectivity index (χ3v) is 4.97. The van der Waals surface area contributed by atoms with Crippen molar-refractivity contribution in [3.05, 3.63) is 105 Å². The number of halogens is 2. The lowest BCUT2D eigenvalue weighted by atomic mass is 10.1. The number of carbonyl (C=O) groups is 2. The summed E-state index contributed by atoms with van der Waals surface area (Å²) in [4.78, 5) is 25.5. The van der Waals surface area contributed by atoms with Gasteiger partial charge in [0.05, 0.1) is 5.69 Å². The molecule has 0 aliphatic rings. The Hall–Kier alpha value is -2.70. The fraction of sp³-hybridized carbons (Fsp3) is 0. The van der Waals surface area contributed by atoms with Gasteiger partial charge in [-0.15, -0.1) is 0 Å². The van der Waals surface area contributed by atoms with Gasteiger partial charge >= 0.3 is 0 Å². The SMILES string of the molecule is O=C(Nc1ccc(Br)cc1Br)/C(=C\c1ccccc1)NC(=O)c1ccccc1. The standard InChI is InChI=1S/C22H16Br2N2O2/c23-17-11-12-19(18(24)14-17)25-22(28)20(13-15-7-3-1-4-8-15)26-21(27)16-9-5-2-6-10-16/h1-14H,(H,25,28)(H,26,27)/b20-13+. The molecule has 3 rings (SSSR count). The summed E-state index contributed by atoms with van der Waals surface area (Å²) in [6.07, 6.45) is 1.64. The van der Waals surface area contributed by atoms with Crippen LogP contribution < -0.4 is 10.6 Å². The Labute approximate surface area is 179 Å². The van der Waals surface area contributed by atoms with Gasteiger partial charge in [0.2, 0.25) is 0 Å². The second-order valence-corrected chi connectivity index (χ2v) is 7.64. The zero-order valence-corrected chi connectivity index (χ0v) is 17.8. The van der Waals surface area contributed by atoms with Crippen LogP contribution in [0.3, 0.4) is 0 Å². The molecule has 0 unspecified atom stereocenters. The summed E-state index contributed by atoms with van der Waals surface area (Å²) in [6.45, 7) is 0.